The summed E-state index contributed by atoms with van der Waals surface area (Å²) in [6, 6.07) is 3.99. The summed E-state index contributed by atoms with van der Waals surface area (Å²) in [6.07, 6.45) is 0. The molecule has 0 aliphatic heterocycles. The average Bonchev–Trinajstić information content (AvgIpc) is 2.67. The number of hydrogen-bond acceptors (Lipinski definition) is 6. The van der Waals surface area contributed by atoms with Gasteiger partial charge in [-0.2, -0.15) is 5.10 Å². The summed E-state index contributed by atoms with van der Waals surface area (Å²) in [7, 11) is 1.70. The van der Waals surface area contributed by atoms with E-state index in [1.54, 1.807) is 24.7 Å². The van der Waals surface area contributed by atoms with Crippen LogP contribution in [0.2, 0.25) is 0 Å². The van der Waals surface area contributed by atoms with Gasteiger partial charge in [0.25, 0.3) is 0 Å². The van der Waals surface area contributed by atoms with E-state index in [2.05, 4.69) is 10.1 Å². The topological polar surface area (TPSA) is 111 Å². The molecule has 2 aromatic heterocycles. The molecule has 104 valence electrons. The van der Waals surface area contributed by atoms with Crippen molar-refractivity contribution in [2.45, 2.75) is 17.0 Å². The summed E-state index contributed by atoms with van der Waals surface area (Å²) < 4.78 is 1.55. The second kappa shape index (κ2) is 5.29. The van der Waals surface area contributed by atoms with Crippen LogP contribution in [0.4, 0.5) is 5.69 Å². The molecule has 0 bridgehead atoms. The van der Waals surface area contributed by atoms with Crippen LogP contribution in [0, 0.1) is 17.0 Å². The molecular weight excluding hydrogens is 284 g/mol. The van der Waals surface area contributed by atoms with Crippen LogP contribution in [-0.4, -0.2) is 30.8 Å². The van der Waals surface area contributed by atoms with Gasteiger partial charge in [-0.05, 0) is 30.8 Å². The van der Waals surface area contributed by atoms with Crippen LogP contribution in [0.3, 0.4) is 0 Å². The predicted octanol–water partition coefficient (Wildman–Crippen LogP) is 1.88. The molecule has 0 aliphatic rings. The van der Waals surface area contributed by atoms with Gasteiger partial charge in [-0.1, -0.05) is 0 Å². The molecule has 8 nitrogen and oxygen atoms in total. The summed E-state index contributed by atoms with van der Waals surface area (Å²) >= 11 is 1.01. The Morgan fingerprint density at radius 2 is 2.20 bits per heavy atom. The molecule has 1 N–H and O–H groups in total. The highest BCUT2D eigenvalue weighted by Crippen LogP contribution is 2.33. The lowest BCUT2D eigenvalue weighted by molar-refractivity contribution is -0.388. The van der Waals surface area contributed by atoms with Crippen molar-refractivity contribution >= 4 is 23.4 Å². The van der Waals surface area contributed by atoms with Crippen molar-refractivity contribution < 1.29 is 14.8 Å². The number of rotatable bonds is 4. The molecular formula is C11H10N4O4S. The molecule has 0 unspecified atom stereocenters. The summed E-state index contributed by atoms with van der Waals surface area (Å²) in [5, 5.41) is 24.7. The Morgan fingerprint density at radius 1 is 1.50 bits per heavy atom. The number of aryl methyl sites for hydroxylation is 2. The Labute approximate surface area is 117 Å². The number of nitro groups is 1. The maximum atomic E-state index is 11.0. The number of pyridine rings is 1. The summed E-state index contributed by atoms with van der Waals surface area (Å²) in [5.74, 6) is -1.23. The normalized spacial score (nSPS) is 10.5. The van der Waals surface area contributed by atoms with Crippen LogP contribution in [-0.2, 0) is 7.05 Å². The maximum absolute atomic E-state index is 11.0. The van der Waals surface area contributed by atoms with E-state index in [0.29, 0.717) is 5.03 Å². The first kappa shape index (κ1) is 14.0. The molecule has 0 saturated carbocycles. The fourth-order valence-electron chi connectivity index (χ4n) is 1.55. The number of aromatic nitrogens is 3. The molecule has 2 rings (SSSR count). The summed E-state index contributed by atoms with van der Waals surface area (Å²) in [5.41, 5.74) is 0.280. The lowest BCUT2D eigenvalue weighted by atomic mass is 10.3. The zero-order valence-corrected chi connectivity index (χ0v) is 11.4. The Bertz CT molecular complexity index is 698. The van der Waals surface area contributed by atoms with E-state index in [9.17, 15) is 14.9 Å². The largest absolute Gasteiger partial charge is 0.477 e. The minimum Gasteiger partial charge on any atom is -0.477 e. The number of carbonyl (C=O) groups is 1. The summed E-state index contributed by atoms with van der Waals surface area (Å²) in [4.78, 5) is 25.1. The first-order valence-electron chi connectivity index (χ1n) is 5.45. The van der Waals surface area contributed by atoms with E-state index in [4.69, 9.17) is 5.11 Å². The van der Waals surface area contributed by atoms with E-state index in [-0.39, 0.29) is 16.4 Å². The maximum Gasteiger partial charge on any atom is 0.354 e. The van der Waals surface area contributed by atoms with Crippen LogP contribution in [0.15, 0.2) is 28.3 Å². The van der Waals surface area contributed by atoms with Gasteiger partial charge < -0.3 is 5.11 Å². The van der Waals surface area contributed by atoms with Gasteiger partial charge in [0, 0.05) is 13.1 Å². The van der Waals surface area contributed by atoms with Crippen molar-refractivity contribution in [1.29, 1.82) is 0 Å². The molecule has 0 saturated heterocycles. The van der Waals surface area contributed by atoms with Gasteiger partial charge >= 0.3 is 11.7 Å². The van der Waals surface area contributed by atoms with Crippen molar-refractivity contribution in [3.63, 3.8) is 0 Å². The molecule has 0 aliphatic carbocycles. The molecule has 2 aromatic rings. The van der Waals surface area contributed by atoms with E-state index < -0.39 is 10.9 Å². The molecule has 0 atom stereocenters. The van der Waals surface area contributed by atoms with Gasteiger partial charge in [0.1, 0.15) is 10.7 Å². The quantitative estimate of drug-likeness (QED) is 0.676. The van der Waals surface area contributed by atoms with Gasteiger partial charge in [0.05, 0.1) is 10.6 Å². The average molecular weight is 294 g/mol. The lowest BCUT2D eigenvalue weighted by Gasteiger charge is -2.03. The van der Waals surface area contributed by atoms with Crippen LogP contribution in [0.1, 0.15) is 16.2 Å². The van der Waals surface area contributed by atoms with Gasteiger partial charge in [0.2, 0.25) is 0 Å². The number of aromatic carboxylic acids is 1. The molecule has 0 aromatic carbocycles. The van der Waals surface area contributed by atoms with Crippen LogP contribution >= 0.6 is 11.8 Å². The Morgan fingerprint density at radius 3 is 2.70 bits per heavy atom. The Kier molecular flexibility index (Phi) is 3.70. The number of carboxylic acid groups (broad SMARTS) is 1. The second-order valence-corrected chi connectivity index (χ2v) is 4.94. The number of carboxylic acids is 1. The van der Waals surface area contributed by atoms with E-state index in [1.807, 2.05) is 0 Å². The standard InChI is InChI=1S/C11H10N4O4S/c1-6-5-9(14(2)13-6)20-10-8(15(18)19)4-3-7(12-10)11(16)17/h3-5H,1-2H3,(H,16,17). The lowest BCUT2D eigenvalue weighted by Crippen LogP contribution is -2.03. The van der Waals surface area contributed by atoms with Gasteiger partial charge in [-0.3, -0.25) is 14.8 Å². The highest BCUT2D eigenvalue weighted by molar-refractivity contribution is 7.99. The minimum atomic E-state index is -1.23. The molecule has 0 amide bonds. The fourth-order valence-corrected chi connectivity index (χ4v) is 2.54. The van der Waals surface area contributed by atoms with E-state index in [1.165, 1.54) is 0 Å². The molecule has 9 heteroatoms. The van der Waals surface area contributed by atoms with Gasteiger partial charge in [0.15, 0.2) is 5.03 Å². The third-order valence-electron chi connectivity index (χ3n) is 2.42. The predicted molar refractivity (Wildman–Crippen MR) is 69.9 cm³/mol. The minimum absolute atomic E-state index is 0.0258. The fraction of sp³-hybridized carbons (Fsp3) is 0.182. The smallest absolute Gasteiger partial charge is 0.354 e. The molecule has 0 radical (unpaired) electrons. The third-order valence-corrected chi connectivity index (χ3v) is 3.50. The monoisotopic (exact) mass is 294 g/mol. The molecule has 0 fully saturated rings. The summed E-state index contributed by atoms with van der Waals surface area (Å²) in [6.45, 7) is 1.79. The zero-order chi connectivity index (χ0) is 14.9. The molecule has 20 heavy (non-hydrogen) atoms. The van der Waals surface area contributed by atoms with Crippen molar-refractivity contribution in [2.75, 3.05) is 0 Å². The number of hydrogen-bond donors (Lipinski definition) is 1. The SMILES string of the molecule is Cc1cc(Sc2nc(C(=O)O)ccc2[N+](=O)[O-])n(C)n1. The van der Waals surface area contributed by atoms with E-state index in [0.717, 1.165) is 29.6 Å². The first-order chi connectivity index (χ1) is 9.38. The van der Waals surface area contributed by atoms with Crippen LogP contribution in [0.5, 0.6) is 0 Å². The van der Waals surface area contributed by atoms with Crippen LogP contribution < -0.4 is 0 Å². The highest BCUT2D eigenvalue weighted by atomic mass is 32.2. The highest BCUT2D eigenvalue weighted by Gasteiger charge is 2.20. The Hall–Kier alpha value is -2.42. The second-order valence-electron chi connectivity index (χ2n) is 3.93. The molecule has 0 spiro atoms. The van der Waals surface area contributed by atoms with E-state index >= 15 is 0 Å². The van der Waals surface area contributed by atoms with Crippen molar-refractivity contribution in [1.82, 2.24) is 14.8 Å². The van der Waals surface area contributed by atoms with Crippen molar-refractivity contribution in [2.24, 2.45) is 7.05 Å². The van der Waals surface area contributed by atoms with Crippen molar-refractivity contribution in [3.05, 3.63) is 39.7 Å². The van der Waals surface area contributed by atoms with Crippen LogP contribution in [0.25, 0.3) is 0 Å². The van der Waals surface area contributed by atoms with Gasteiger partial charge in [-0.15, -0.1) is 0 Å². The number of nitrogens with zero attached hydrogens (tertiary/aromatic N) is 4. The Balaban J connectivity index is 2.47. The third kappa shape index (κ3) is 2.77. The van der Waals surface area contributed by atoms with Crippen molar-refractivity contribution in [3.8, 4) is 0 Å². The van der Waals surface area contributed by atoms with Gasteiger partial charge in [-0.25, -0.2) is 9.78 Å². The molecule has 2 heterocycles. The first-order valence-corrected chi connectivity index (χ1v) is 6.27. The zero-order valence-electron chi connectivity index (χ0n) is 10.6.